The van der Waals surface area contributed by atoms with E-state index in [-0.39, 0.29) is 0 Å². The zero-order valence-corrected chi connectivity index (χ0v) is 15.4. The van der Waals surface area contributed by atoms with Gasteiger partial charge in [0.1, 0.15) is 5.79 Å². The first-order valence-corrected chi connectivity index (χ1v) is 8.85. The summed E-state index contributed by atoms with van der Waals surface area (Å²) in [7, 11) is 0. The van der Waals surface area contributed by atoms with Gasteiger partial charge in [-0.05, 0) is 37.6 Å². The number of rotatable bonds is 5. The predicted octanol–water partition coefficient (Wildman–Crippen LogP) is 2.28. The maximum absolute atomic E-state index is 5.84. The molecule has 0 spiro atoms. The molecular formula is C19H24N8. The summed E-state index contributed by atoms with van der Waals surface area (Å²) in [6.45, 7) is 5.01. The van der Waals surface area contributed by atoms with Crippen molar-refractivity contribution in [2.45, 2.75) is 19.6 Å². The third-order valence-corrected chi connectivity index (χ3v) is 4.76. The Hall–Kier alpha value is -3.07. The van der Waals surface area contributed by atoms with Crippen molar-refractivity contribution in [3.05, 3.63) is 47.9 Å². The molecule has 4 aromatic heterocycles. The van der Waals surface area contributed by atoms with E-state index in [2.05, 4.69) is 39.1 Å². The monoisotopic (exact) mass is 364 g/mol. The molecule has 0 aliphatic rings. The second-order valence-electron chi connectivity index (χ2n) is 6.74. The lowest BCUT2D eigenvalue weighted by atomic mass is 10.1. The Labute approximate surface area is 156 Å². The molecule has 0 saturated heterocycles. The number of nitrogens with two attached hydrogens (primary N) is 3. The maximum atomic E-state index is 5.84. The van der Waals surface area contributed by atoms with E-state index in [9.17, 15) is 0 Å². The number of hydrogen-bond acceptors (Lipinski definition) is 5. The molecule has 0 unspecified atom stereocenters. The van der Waals surface area contributed by atoms with Crippen LogP contribution in [0.3, 0.4) is 0 Å². The Balaban J connectivity index is 1.98. The Morgan fingerprint density at radius 2 is 2.00 bits per heavy atom. The number of H-pyrrole nitrogens is 3. The zero-order valence-electron chi connectivity index (χ0n) is 15.4. The van der Waals surface area contributed by atoms with Gasteiger partial charge in [-0.3, -0.25) is 22.2 Å². The van der Waals surface area contributed by atoms with Crippen LogP contribution < -0.4 is 22.5 Å². The molecule has 8 heteroatoms. The molecule has 0 amide bonds. The summed E-state index contributed by atoms with van der Waals surface area (Å²) in [6.07, 6.45) is 5.49. The number of aromatic amines is 3. The van der Waals surface area contributed by atoms with Gasteiger partial charge in [-0.25, -0.2) is 0 Å². The highest BCUT2D eigenvalue weighted by atomic mass is 15.1. The van der Waals surface area contributed by atoms with Crippen molar-refractivity contribution in [1.29, 1.82) is 0 Å². The summed E-state index contributed by atoms with van der Waals surface area (Å²) in [6, 6.07) is 5.83. The first-order chi connectivity index (χ1) is 12.9. The van der Waals surface area contributed by atoms with Crippen molar-refractivity contribution in [3.63, 3.8) is 0 Å². The summed E-state index contributed by atoms with van der Waals surface area (Å²) in [5, 5.41) is 3.36. The molecule has 4 heterocycles. The van der Waals surface area contributed by atoms with Gasteiger partial charge in [-0.1, -0.05) is 0 Å². The van der Waals surface area contributed by atoms with Gasteiger partial charge in [0, 0.05) is 36.4 Å². The summed E-state index contributed by atoms with van der Waals surface area (Å²) in [4.78, 5) is 14.7. The van der Waals surface area contributed by atoms with Crippen molar-refractivity contribution in [2.75, 3.05) is 11.9 Å². The molecule has 4 aromatic rings. The number of nitrogens with zero attached hydrogens (tertiary/aromatic N) is 1. The maximum Gasteiger partial charge on any atom is 0.144 e. The largest absolute Gasteiger partial charge is 0.384 e. The van der Waals surface area contributed by atoms with Crippen LogP contribution in [-0.2, 0) is 5.79 Å². The number of fused-ring (bicyclic) bond motifs is 1. The van der Waals surface area contributed by atoms with Gasteiger partial charge >= 0.3 is 0 Å². The minimum Gasteiger partial charge on any atom is -0.384 e. The molecule has 0 aromatic carbocycles. The van der Waals surface area contributed by atoms with Crippen molar-refractivity contribution in [2.24, 2.45) is 17.2 Å². The van der Waals surface area contributed by atoms with Gasteiger partial charge in [0.05, 0.1) is 33.7 Å². The Kier molecular flexibility index (Phi) is 4.03. The summed E-state index contributed by atoms with van der Waals surface area (Å²) in [5.74, 6) is -1.44. The lowest BCUT2D eigenvalue weighted by molar-refractivity contribution is 0.487. The molecule has 0 aliphatic carbocycles. The fourth-order valence-corrected chi connectivity index (χ4v) is 3.38. The number of aromatic nitrogens is 4. The van der Waals surface area contributed by atoms with Crippen LogP contribution in [0.5, 0.6) is 0 Å². The fraction of sp³-hybridized carbons (Fsp3) is 0.211. The molecular weight excluding hydrogens is 340 g/mol. The molecule has 0 bridgehead atoms. The van der Waals surface area contributed by atoms with Crippen molar-refractivity contribution >= 4 is 16.7 Å². The molecule has 8 nitrogen and oxygen atoms in total. The number of anilines is 1. The lowest BCUT2D eigenvalue weighted by Gasteiger charge is -2.18. The van der Waals surface area contributed by atoms with Crippen LogP contribution in [0.2, 0.25) is 0 Å². The highest BCUT2D eigenvalue weighted by molar-refractivity contribution is 6.01. The minimum absolute atomic E-state index is 0.553. The summed E-state index contributed by atoms with van der Waals surface area (Å²) < 4.78 is 0. The smallest absolute Gasteiger partial charge is 0.144 e. The van der Waals surface area contributed by atoms with Crippen LogP contribution in [0.4, 0.5) is 5.69 Å². The van der Waals surface area contributed by atoms with E-state index in [1.807, 2.05) is 30.6 Å². The minimum atomic E-state index is -1.44. The van der Waals surface area contributed by atoms with Gasteiger partial charge in [-0.15, -0.1) is 0 Å². The number of hydrogen-bond donors (Lipinski definition) is 7. The topological polar surface area (TPSA) is 150 Å². The molecule has 27 heavy (non-hydrogen) atoms. The highest BCUT2D eigenvalue weighted by Gasteiger charge is 2.23. The second-order valence-corrected chi connectivity index (χ2v) is 6.74. The predicted molar refractivity (Wildman–Crippen MR) is 109 cm³/mol. The number of pyridine rings is 1. The van der Waals surface area contributed by atoms with E-state index in [0.29, 0.717) is 5.56 Å². The Morgan fingerprint density at radius 3 is 2.67 bits per heavy atom. The first-order valence-electron chi connectivity index (χ1n) is 8.85. The van der Waals surface area contributed by atoms with Crippen LogP contribution in [0.25, 0.3) is 33.7 Å². The molecule has 0 radical (unpaired) electrons. The van der Waals surface area contributed by atoms with Crippen molar-refractivity contribution in [1.82, 2.24) is 19.9 Å². The molecule has 4 rings (SSSR count). The van der Waals surface area contributed by atoms with E-state index in [1.54, 1.807) is 6.20 Å². The molecule has 0 fully saturated rings. The van der Waals surface area contributed by atoms with Gasteiger partial charge in [0.2, 0.25) is 0 Å². The van der Waals surface area contributed by atoms with Crippen LogP contribution >= 0.6 is 0 Å². The van der Waals surface area contributed by atoms with E-state index in [4.69, 9.17) is 17.2 Å². The van der Waals surface area contributed by atoms with Crippen LogP contribution in [0.15, 0.2) is 36.8 Å². The first kappa shape index (κ1) is 17.3. The van der Waals surface area contributed by atoms with Crippen LogP contribution in [0.1, 0.15) is 18.1 Å². The van der Waals surface area contributed by atoms with E-state index < -0.39 is 5.79 Å². The SMILES string of the molecule is CCNc1c[nH]c(-c2[nH]c3cc(C(N)(N)N)cnc3c2-c2ccc[nH]2)c1C. The third-order valence-electron chi connectivity index (χ3n) is 4.76. The normalized spacial score (nSPS) is 12.0. The standard InChI is InChI=1S/C19H24N8/c1-3-23-14-9-26-16(10(14)2)18-15(12-5-4-6-24-12)17-13(27-18)7-11(8-25-17)19(20,21)22/h4-9,23-24,26-27H,3,20-22H2,1-2H3. The quantitative estimate of drug-likeness (QED) is 0.271. The molecule has 0 aliphatic heterocycles. The molecule has 140 valence electrons. The van der Waals surface area contributed by atoms with Crippen LogP contribution in [-0.4, -0.2) is 26.5 Å². The summed E-state index contributed by atoms with van der Waals surface area (Å²) >= 11 is 0. The zero-order chi connectivity index (χ0) is 19.2. The fourth-order valence-electron chi connectivity index (χ4n) is 3.38. The van der Waals surface area contributed by atoms with Crippen LogP contribution in [0, 0.1) is 6.92 Å². The number of nitrogens with one attached hydrogen (secondary N) is 4. The van der Waals surface area contributed by atoms with E-state index in [0.717, 1.165) is 51.5 Å². The second kappa shape index (κ2) is 6.27. The third kappa shape index (κ3) is 2.89. The average molecular weight is 364 g/mol. The molecule has 0 atom stereocenters. The average Bonchev–Trinajstić information content (AvgIpc) is 3.32. The Bertz CT molecular complexity index is 1080. The summed E-state index contributed by atoms with van der Waals surface area (Å²) in [5.41, 5.74) is 25.8. The van der Waals surface area contributed by atoms with Gasteiger partial charge in [0.25, 0.3) is 0 Å². The van der Waals surface area contributed by atoms with Gasteiger partial charge in [0.15, 0.2) is 0 Å². The van der Waals surface area contributed by atoms with Crippen molar-refractivity contribution in [3.8, 4) is 22.6 Å². The van der Waals surface area contributed by atoms with Gasteiger partial charge in [-0.2, -0.15) is 0 Å². The molecule has 0 saturated carbocycles. The highest BCUT2D eigenvalue weighted by Crippen LogP contribution is 2.39. The molecule has 10 N–H and O–H groups in total. The van der Waals surface area contributed by atoms with E-state index in [1.165, 1.54) is 0 Å². The Morgan fingerprint density at radius 1 is 1.19 bits per heavy atom. The van der Waals surface area contributed by atoms with Crippen molar-refractivity contribution < 1.29 is 0 Å². The van der Waals surface area contributed by atoms with E-state index >= 15 is 0 Å². The lowest BCUT2D eigenvalue weighted by Crippen LogP contribution is -2.54. The van der Waals surface area contributed by atoms with Gasteiger partial charge < -0.3 is 20.3 Å².